The Kier molecular flexibility index (Phi) is 4.56. The first-order valence-corrected chi connectivity index (χ1v) is 9.33. The van der Waals surface area contributed by atoms with E-state index < -0.39 is 0 Å². The van der Waals surface area contributed by atoms with Crippen LogP contribution in [0.4, 0.5) is 0 Å². The van der Waals surface area contributed by atoms with Gasteiger partial charge in [0.1, 0.15) is 11.9 Å². The molecule has 0 spiro atoms. The van der Waals surface area contributed by atoms with Crippen molar-refractivity contribution in [2.45, 2.75) is 13.0 Å². The van der Waals surface area contributed by atoms with Gasteiger partial charge in [-0.3, -0.25) is 9.48 Å². The molecule has 1 unspecified atom stereocenters. The number of nitrogens with zero attached hydrogens (tertiary/aromatic N) is 4. The molecule has 1 atom stereocenters. The van der Waals surface area contributed by atoms with Gasteiger partial charge in [0, 0.05) is 24.7 Å². The fraction of sp³-hybridized carbons (Fsp3) is 0.353. The predicted molar refractivity (Wildman–Crippen MR) is 97.4 cm³/mol. The lowest BCUT2D eigenvalue weighted by Gasteiger charge is -2.32. The van der Waals surface area contributed by atoms with Crippen molar-refractivity contribution in [3.05, 3.63) is 45.2 Å². The quantitative estimate of drug-likeness (QED) is 0.683. The number of rotatable bonds is 3. The SMILES string of the molecule is Cc1oc(-c2cnn(C)c2)nc1C(=O)N1CCOC(c2ccc(Cl)s2)C1. The molecule has 4 heterocycles. The zero-order chi connectivity index (χ0) is 18.3. The molecular weight excluding hydrogens is 376 g/mol. The van der Waals surface area contributed by atoms with Crippen LogP contribution in [0.25, 0.3) is 11.5 Å². The van der Waals surface area contributed by atoms with Crippen molar-refractivity contribution >= 4 is 28.8 Å². The third kappa shape index (κ3) is 3.27. The molecule has 0 aromatic carbocycles. The molecule has 3 aromatic rings. The maximum atomic E-state index is 13.0. The first-order valence-electron chi connectivity index (χ1n) is 8.14. The van der Waals surface area contributed by atoms with Crippen molar-refractivity contribution in [2.75, 3.05) is 19.7 Å². The molecule has 3 aromatic heterocycles. The number of ether oxygens (including phenoxy) is 1. The molecule has 1 aliphatic heterocycles. The lowest BCUT2D eigenvalue weighted by Crippen LogP contribution is -2.42. The van der Waals surface area contributed by atoms with E-state index in [-0.39, 0.29) is 12.0 Å². The van der Waals surface area contributed by atoms with Gasteiger partial charge in [-0.25, -0.2) is 4.98 Å². The smallest absolute Gasteiger partial charge is 0.276 e. The summed E-state index contributed by atoms with van der Waals surface area (Å²) in [4.78, 5) is 20.1. The number of oxazole rings is 1. The average Bonchev–Trinajstić information content (AvgIpc) is 3.34. The van der Waals surface area contributed by atoms with Gasteiger partial charge in [0.2, 0.25) is 5.89 Å². The van der Waals surface area contributed by atoms with E-state index in [0.29, 0.717) is 41.4 Å². The van der Waals surface area contributed by atoms with E-state index in [4.69, 9.17) is 20.8 Å². The van der Waals surface area contributed by atoms with Gasteiger partial charge in [0.15, 0.2) is 5.69 Å². The maximum absolute atomic E-state index is 13.0. The van der Waals surface area contributed by atoms with Gasteiger partial charge >= 0.3 is 0 Å². The molecule has 1 aliphatic rings. The van der Waals surface area contributed by atoms with Gasteiger partial charge in [0.25, 0.3) is 5.91 Å². The molecule has 0 aliphatic carbocycles. The molecule has 9 heteroatoms. The molecule has 1 saturated heterocycles. The van der Waals surface area contributed by atoms with Crippen LogP contribution in [0, 0.1) is 6.92 Å². The fourth-order valence-electron chi connectivity index (χ4n) is 2.91. The van der Waals surface area contributed by atoms with E-state index in [1.165, 1.54) is 11.3 Å². The summed E-state index contributed by atoms with van der Waals surface area (Å²) < 4.78 is 13.9. The van der Waals surface area contributed by atoms with Crippen molar-refractivity contribution in [1.82, 2.24) is 19.7 Å². The lowest BCUT2D eigenvalue weighted by molar-refractivity contribution is -0.0214. The minimum atomic E-state index is -0.171. The molecule has 1 amide bonds. The first kappa shape index (κ1) is 17.3. The van der Waals surface area contributed by atoms with Crippen molar-refractivity contribution in [1.29, 1.82) is 0 Å². The van der Waals surface area contributed by atoms with Gasteiger partial charge in [-0.1, -0.05) is 11.6 Å². The minimum absolute atomic E-state index is 0.155. The Bertz CT molecular complexity index is 948. The van der Waals surface area contributed by atoms with Gasteiger partial charge in [-0.05, 0) is 19.1 Å². The van der Waals surface area contributed by atoms with Crippen molar-refractivity contribution < 1.29 is 13.9 Å². The van der Waals surface area contributed by atoms with Gasteiger partial charge in [0.05, 0.1) is 29.2 Å². The van der Waals surface area contributed by atoms with Crippen LogP contribution < -0.4 is 0 Å². The summed E-state index contributed by atoms with van der Waals surface area (Å²) in [7, 11) is 1.82. The molecule has 0 radical (unpaired) electrons. The summed E-state index contributed by atoms with van der Waals surface area (Å²) in [6, 6.07) is 3.78. The lowest BCUT2D eigenvalue weighted by atomic mass is 10.2. The van der Waals surface area contributed by atoms with Crippen LogP contribution in [0.3, 0.4) is 0 Å². The largest absolute Gasteiger partial charge is 0.440 e. The number of aromatic nitrogens is 3. The molecule has 0 bridgehead atoms. The van der Waals surface area contributed by atoms with E-state index in [1.54, 1.807) is 28.9 Å². The Morgan fingerprint density at radius 3 is 2.96 bits per heavy atom. The van der Waals surface area contributed by atoms with E-state index in [1.807, 2.05) is 19.2 Å². The Labute approximate surface area is 159 Å². The molecule has 0 saturated carbocycles. The van der Waals surface area contributed by atoms with Crippen LogP contribution in [0.5, 0.6) is 0 Å². The zero-order valence-electron chi connectivity index (χ0n) is 14.3. The van der Waals surface area contributed by atoms with Crippen molar-refractivity contribution in [3.63, 3.8) is 0 Å². The zero-order valence-corrected chi connectivity index (χ0v) is 15.9. The monoisotopic (exact) mass is 392 g/mol. The molecule has 4 rings (SSSR count). The molecule has 0 N–H and O–H groups in total. The molecule has 7 nitrogen and oxygen atoms in total. The third-order valence-electron chi connectivity index (χ3n) is 4.22. The highest BCUT2D eigenvalue weighted by Crippen LogP contribution is 2.32. The Hall–Kier alpha value is -2.16. The van der Waals surface area contributed by atoms with E-state index in [9.17, 15) is 4.79 Å². The van der Waals surface area contributed by atoms with Gasteiger partial charge in [-0.2, -0.15) is 5.10 Å². The van der Waals surface area contributed by atoms with Crippen molar-refractivity contribution in [3.8, 4) is 11.5 Å². The minimum Gasteiger partial charge on any atom is -0.440 e. The van der Waals surface area contributed by atoms with Gasteiger partial charge in [-0.15, -0.1) is 11.3 Å². The summed E-state index contributed by atoms with van der Waals surface area (Å²) in [5.41, 5.74) is 1.07. The summed E-state index contributed by atoms with van der Waals surface area (Å²) in [6.45, 7) is 3.20. The van der Waals surface area contributed by atoms with Crippen LogP contribution in [0.15, 0.2) is 28.9 Å². The average molecular weight is 393 g/mol. The second-order valence-corrected chi connectivity index (χ2v) is 7.83. The number of morpholine rings is 1. The number of thiophene rings is 1. The predicted octanol–water partition coefficient (Wildman–Crippen LogP) is 3.31. The van der Waals surface area contributed by atoms with Crippen LogP contribution in [-0.2, 0) is 11.8 Å². The Balaban J connectivity index is 1.54. The van der Waals surface area contributed by atoms with Crippen molar-refractivity contribution in [2.24, 2.45) is 7.05 Å². The number of amides is 1. The highest BCUT2D eigenvalue weighted by molar-refractivity contribution is 7.16. The number of carbonyl (C=O) groups is 1. The first-order chi connectivity index (χ1) is 12.5. The van der Waals surface area contributed by atoms with E-state index >= 15 is 0 Å². The Morgan fingerprint density at radius 2 is 2.27 bits per heavy atom. The maximum Gasteiger partial charge on any atom is 0.276 e. The number of hydrogen-bond donors (Lipinski definition) is 0. The number of carbonyl (C=O) groups excluding carboxylic acids is 1. The summed E-state index contributed by atoms with van der Waals surface area (Å²) in [5, 5.41) is 4.11. The normalized spacial score (nSPS) is 17.7. The van der Waals surface area contributed by atoms with Crippen LogP contribution in [0.1, 0.15) is 27.2 Å². The number of hydrogen-bond acceptors (Lipinski definition) is 6. The van der Waals surface area contributed by atoms with E-state index in [0.717, 1.165) is 10.4 Å². The fourth-order valence-corrected chi connectivity index (χ4v) is 4.01. The second-order valence-electron chi connectivity index (χ2n) is 6.08. The topological polar surface area (TPSA) is 73.4 Å². The Morgan fingerprint density at radius 1 is 1.42 bits per heavy atom. The van der Waals surface area contributed by atoms with Crippen LogP contribution in [0.2, 0.25) is 4.34 Å². The van der Waals surface area contributed by atoms with Crippen LogP contribution >= 0.6 is 22.9 Å². The molecule has 136 valence electrons. The van der Waals surface area contributed by atoms with Crippen LogP contribution in [-0.4, -0.2) is 45.3 Å². The summed E-state index contributed by atoms with van der Waals surface area (Å²) >= 11 is 7.48. The van der Waals surface area contributed by atoms with Gasteiger partial charge < -0.3 is 14.1 Å². The number of halogens is 1. The highest BCUT2D eigenvalue weighted by atomic mass is 35.5. The summed E-state index contributed by atoms with van der Waals surface area (Å²) in [5.74, 6) is 0.738. The standard InChI is InChI=1S/C17H17ClN4O3S/c1-10-15(20-16(25-10)11-7-19-21(2)8-11)17(23)22-5-6-24-12(9-22)13-3-4-14(18)26-13/h3-4,7-8,12H,5-6,9H2,1-2H3. The molecule has 1 fully saturated rings. The third-order valence-corrected chi connectivity index (χ3v) is 5.54. The van der Waals surface area contributed by atoms with E-state index in [2.05, 4.69) is 10.1 Å². The highest BCUT2D eigenvalue weighted by Gasteiger charge is 2.30. The second kappa shape index (κ2) is 6.86. The summed E-state index contributed by atoms with van der Waals surface area (Å²) in [6.07, 6.45) is 3.28. The molecular formula is C17H17ClN4O3S. The molecule has 26 heavy (non-hydrogen) atoms. The number of aryl methyl sites for hydroxylation is 2.